The zero-order valence-corrected chi connectivity index (χ0v) is 12.1. The minimum Gasteiger partial charge on any atom is -0.368 e. The van der Waals surface area contributed by atoms with Crippen molar-refractivity contribution >= 4 is 17.8 Å². The smallest absolute Gasteiger partial charge is 0.236 e. The molecule has 0 aromatic carbocycles. The number of nitrogens with zero attached hydrogens (tertiary/aromatic N) is 6. The van der Waals surface area contributed by atoms with E-state index >= 15 is 0 Å². The van der Waals surface area contributed by atoms with Crippen LogP contribution < -0.4 is 10.6 Å². The Hall–Kier alpha value is -1.96. The van der Waals surface area contributed by atoms with Crippen molar-refractivity contribution in [3.8, 4) is 0 Å². The first-order chi connectivity index (χ1) is 8.79. The summed E-state index contributed by atoms with van der Waals surface area (Å²) in [6.07, 6.45) is 0. The molecule has 1 rings (SSSR count). The van der Waals surface area contributed by atoms with Crippen LogP contribution in [0.25, 0.3) is 0 Å². The third-order valence-electron chi connectivity index (χ3n) is 2.40. The quantitative estimate of drug-likeness (QED) is 0.734. The maximum Gasteiger partial charge on any atom is 0.236 e. The summed E-state index contributed by atoms with van der Waals surface area (Å²) in [5.74, 6) is 1.26. The molecular weight excluding hydrogens is 246 g/mol. The molecule has 8 heteroatoms. The zero-order valence-electron chi connectivity index (χ0n) is 12.1. The van der Waals surface area contributed by atoms with Crippen molar-refractivity contribution in [3.63, 3.8) is 0 Å². The van der Waals surface area contributed by atoms with Crippen LogP contribution in [0.1, 0.15) is 5.82 Å². The van der Waals surface area contributed by atoms with Gasteiger partial charge in [0.15, 0.2) is 0 Å². The van der Waals surface area contributed by atoms with E-state index in [1.165, 1.54) is 0 Å². The van der Waals surface area contributed by atoms with Crippen molar-refractivity contribution < 1.29 is 4.79 Å². The third-order valence-corrected chi connectivity index (χ3v) is 2.40. The van der Waals surface area contributed by atoms with Gasteiger partial charge < -0.3 is 15.5 Å². The van der Waals surface area contributed by atoms with Gasteiger partial charge in [0.2, 0.25) is 17.8 Å². The zero-order chi connectivity index (χ0) is 14.6. The maximum absolute atomic E-state index is 11.6. The van der Waals surface area contributed by atoms with Gasteiger partial charge in [-0.25, -0.2) is 0 Å². The molecule has 0 saturated carbocycles. The Balaban J connectivity index is 2.74. The van der Waals surface area contributed by atoms with Gasteiger partial charge >= 0.3 is 0 Å². The van der Waals surface area contributed by atoms with Crippen LogP contribution in [-0.4, -0.2) is 72.4 Å². The number of nitrogens with two attached hydrogens (primary N) is 1. The monoisotopic (exact) mass is 267 g/mol. The van der Waals surface area contributed by atoms with E-state index in [-0.39, 0.29) is 11.9 Å². The number of carbonyl (C=O) groups is 1. The number of rotatable bonds is 5. The highest BCUT2D eigenvalue weighted by molar-refractivity contribution is 5.77. The minimum atomic E-state index is 0.0253. The number of aromatic nitrogens is 3. The molecule has 1 aromatic heterocycles. The molecule has 0 aliphatic rings. The summed E-state index contributed by atoms with van der Waals surface area (Å²) in [5.41, 5.74) is 5.64. The van der Waals surface area contributed by atoms with Gasteiger partial charge in [0, 0.05) is 28.2 Å². The number of nitrogen functional groups attached to an aromatic ring is 1. The van der Waals surface area contributed by atoms with Gasteiger partial charge in [0.1, 0.15) is 5.82 Å². The van der Waals surface area contributed by atoms with Gasteiger partial charge in [0.05, 0.1) is 13.1 Å². The first-order valence-electron chi connectivity index (χ1n) is 5.86. The number of hydrogen-bond acceptors (Lipinski definition) is 7. The normalized spacial score (nSPS) is 10.6. The molecule has 0 spiro atoms. The molecule has 0 unspecified atom stereocenters. The second-order valence-electron chi connectivity index (χ2n) is 4.76. The molecule has 0 aliphatic carbocycles. The summed E-state index contributed by atoms with van der Waals surface area (Å²) in [5, 5.41) is 0. The summed E-state index contributed by atoms with van der Waals surface area (Å²) in [4.78, 5) is 29.1. The molecule has 0 bridgehead atoms. The molecule has 19 heavy (non-hydrogen) atoms. The van der Waals surface area contributed by atoms with E-state index in [0.29, 0.717) is 24.9 Å². The Kier molecular flexibility index (Phi) is 4.99. The molecule has 2 N–H and O–H groups in total. The van der Waals surface area contributed by atoms with Crippen molar-refractivity contribution in [2.45, 2.75) is 6.54 Å². The average Bonchev–Trinajstić information content (AvgIpc) is 2.27. The van der Waals surface area contributed by atoms with Gasteiger partial charge in [-0.3, -0.25) is 9.69 Å². The Morgan fingerprint density at radius 3 is 2.26 bits per heavy atom. The van der Waals surface area contributed by atoms with E-state index in [2.05, 4.69) is 15.0 Å². The predicted octanol–water partition coefficient (Wildman–Crippen LogP) is -0.960. The molecule has 0 fully saturated rings. The lowest BCUT2D eigenvalue weighted by Gasteiger charge is -2.19. The standard InChI is InChI=1S/C11H21N7O/c1-16(2)9(19)7-18(5)6-8-13-10(12)15-11(14-8)17(3)4/h6-7H2,1-5H3,(H2,12,13,14,15). The molecule has 0 atom stereocenters. The number of amides is 1. The summed E-state index contributed by atoms with van der Waals surface area (Å²) >= 11 is 0. The molecule has 0 radical (unpaired) electrons. The highest BCUT2D eigenvalue weighted by atomic mass is 16.2. The largest absolute Gasteiger partial charge is 0.368 e. The van der Waals surface area contributed by atoms with Crippen LogP contribution in [0.5, 0.6) is 0 Å². The minimum absolute atomic E-state index is 0.0253. The van der Waals surface area contributed by atoms with E-state index in [0.717, 1.165) is 0 Å². The summed E-state index contributed by atoms with van der Waals surface area (Å²) in [6, 6.07) is 0. The Labute approximate surface area is 113 Å². The molecule has 106 valence electrons. The fraction of sp³-hybridized carbons (Fsp3) is 0.636. The lowest BCUT2D eigenvalue weighted by Crippen LogP contribution is -2.34. The van der Waals surface area contributed by atoms with Crippen LogP contribution in [-0.2, 0) is 11.3 Å². The summed E-state index contributed by atoms with van der Waals surface area (Å²) in [7, 11) is 8.94. The van der Waals surface area contributed by atoms with E-state index < -0.39 is 0 Å². The van der Waals surface area contributed by atoms with Crippen LogP contribution in [0.2, 0.25) is 0 Å². The molecule has 8 nitrogen and oxygen atoms in total. The van der Waals surface area contributed by atoms with Gasteiger partial charge in [0.25, 0.3) is 0 Å². The molecule has 1 amide bonds. The van der Waals surface area contributed by atoms with E-state index in [1.807, 2.05) is 26.0 Å². The van der Waals surface area contributed by atoms with Crippen molar-refractivity contribution in [2.75, 3.05) is 52.4 Å². The lowest BCUT2D eigenvalue weighted by atomic mass is 10.4. The van der Waals surface area contributed by atoms with E-state index in [4.69, 9.17) is 5.73 Å². The Bertz CT molecular complexity index is 447. The topological polar surface area (TPSA) is 91.5 Å². The average molecular weight is 267 g/mol. The number of hydrogen-bond donors (Lipinski definition) is 1. The van der Waals surface area contributed by atoms with E-state index in [1.54, 1.807) is 23.9 Å². The number of likely N-dealkylation sites (N-methyl/N-ethyl adjacent to an activating group) is 2. The van der Waals surface area contributed by atoms with Crippen LogP contribution in [0.4, 0.5) is 11.9 Å². The summed E-state index contributed by atoms with van der Waals surface area (Å²) in [6.45, 7) is 0.739. The molecular formula is C11H21N7O. The Morgan fingerprint density at radius 1 is 1.11 bits per heavy atom. The van der Waals surface area contributed by atoms with Crippen molar-refractivity contribution in [3.05, 3.63) is 5.82 Å². The van der Waals surface area contributed by atoms with Crippen LogP contribution in [0.3, 0.4) is 0 Å². The highest BCUT2D eigenvalue weighted by Gasteiger charge is 2.12. The van der Waals surface area contributed by atoms with Crippen molar-refractivity contribution in [2.24, 2.45) is 0 Å². The summed E-state index contributed by atoms with van der Waals surface area (Å²) < 4.78 is 0. The fourth-order valence-electron chi connectivity index (χ4n) is 1.37. The van der Waals surface area contributed by atoms with Crippen molar-refractivity contribution in [1.82, 2.24) is 24.8 Å². The second-order valence-corrected chi connectivity index (χ2v) is 4.76. The SMILES string of the molecule is CN(CC(=O)N(C)C)Cc1nc(N)nc(N(C)C)n1. The number of carbonyl (C=O) groups excluding carboxylic acids is 1. The molecule has 1 heterocycles. The fourth-order valence-corrected chi connectivity index (χ4v) is 1.37. The molecule has 0 saturated heterocycles. The van der Waals surface area contributed by atoms with E-state index in [9.17, 15) is 4.79 Å². The van der Waals surface area contributed by atoms with Gasteiger partial charge in [-0.1, -0.05) is 0 Å². The first kappa shape index (κ1) is 15.1. The number of anilines is 2. The predicted molar refractivity (Wildman–Crippen MR) is 73.6 cm³/mol. The van der Waals surface area contributed by atoms with Crippen LogP contribution >= 0.6 is 0 Å². The van der Waals surface area contributed by atoms with Crippen LogP contribution in [0.15, 0.2) is 0 Å². The third kappa shape index (κ3) is 4.66. The first-order valence-corrected chi connectivity index (χ1v) is 5.86. The van der Waals surface area contributed by atoms with Gasteiger partial charge in [-0.2, -0.15) is 15.0 Å². The van der Waals surface area contributed by atoms with Gasteiger partial charge in [-0.05, 0) is 7.05 Å². The lowest BCUT2D eigenvalue weighted by molar-refractivity contribution is -0.129. The molecule has 1 aromatic rings. The van der Waals surface area contributed by atoms with Crippen molar-refractivity contribution in [1.29, 1.82) is 0 Å². The van der Waals surface area contributed by atoms with Crippen LogP contribution in [0, 0.1) is 0 Å². The highest BCUT2D eigenvalue weighted by Crippen LogP contribution is 2.07. The Morgan fingerprint density at radius 2 is 1.74 bits per heavy atom. The van der Waals surface area contributed by atoms with Gasteiger partial charge in [-0.15, -0.1) is 0 Å². The maximum atomic E-state index is 11.6. The second kappa shape index (κ2) is 6.28. The molecule has 0 aliphatic heterocycles.